The van der Waals surface area contributed by atoms with Crippen molar-refractivity contribution in [2.45, 2.75) is 6.54 Å². The number of ether oxygens (including phenoxy) is 2. The summed E-state index contributed by atoms with van der Waals surface area (Å²) in [5, 5.41) is 3.13. The number of hydrogen-bond donors (Lipinski definition) is 1. The second kappa shape index (κ2) is 7.35. The fourth-order valence-corrected chi connectivity index (χ4v) is 2.67. The van der Waals surface area contributed by atoms with Gasteiger partial charge in [0.25, 0.3) is 0 Å². The van der Waals surface area contributed by atoms with Gasteiger partial charge in [-0.2, -0.15) is 0 Å². The number of nitrogens with one attached hydrogen (secondary N) is 1. The Balaban J connectivity index is 1.92. The molecule has 134 valence electrons. The van der Waals surface area contributed by atoms with E-state index in [1.54, 1.807) is 24.3 Å². The van der Waals surface area contributed by atoms with Crippen LogP contribution in [-0.2, 0) is 11.3 Å². The highest BCUT2D eigenvalue weighted by Gasteiger charge is 2.14. The predicted octanol–water partition coefficient (Wildman–Crippen LogP) is 3.92. The standard InChI is InChI=1S/C19H16F2N2O3/c1-25-16-6-3-11(9-12(16)19(24)26-2)10-23-15-7-8-22-18-14(21)5-4-13(20)17(15)18/h3-9H,10H2,1-2H3,(H,22,23). The summed E-state index contributed by atoms with van der Waals surface area (Å²) in [5.74, 6) is -1.29. The quantitative estimate of drug-likeness (QED) is 0.701. The molecule has 2 aromatic carbocycles. The van der Waals surface area contributed by atoms with E-state index in [1.165, 1.54) is 20.4 Å². The van der Waals surface area contributed by atoms with Crippen molar-refractivity contribution in [3.05, 3.63) is 65.4 Å². The van der Waals surface area contributed by atoms with Crippen molar-refractivity contribution in [3.8, 4) is 5.75 Å². The molecule has 1 heterocycles. The topological polar surface area (TPSA) is 60.5 Å². The molecule has 3 rings (SSSR count). The number of carbonyl (C=O) groups is 1. The summed E-state index contributed by atoms with van der Waals surface area (Å²) >= 11 is 0. The first-order valence-electron chi connectivity index (χ1n) is 7.77. The summed E-state index contributed by atoms with van der Waals surface area (Å²) in [6.45, 7) is 0.281. The molecule has 0 aliphatic carbocycles. The molecular formula is C19H16F2N2O3. The Bertz CT molecular complexity index is 976. The van der Waals surface area contributed by atoms with Gasteiger partial charge in [-0.3, -0.25) is 4.98 Å². The number of nitrogens with zero attached hydrogens (tertiary/aromatic N) is 1. The van der Waals surface area contributed by atoms with Crippen LogP contribution in [0, 0.1) is 11.6 Å². The van der Waals surface area contributed by atoms with Crippen molar-refractivity contribution in [2.24, 2.45) is 0 Å². The van der Waals surface area contributed by atoms with Crippen LogP contribution < -0.4 is 10.1 Å². The Kier molecular flexibility index (Phi) is 4.97. The van der Waals surface area contributed by atoms with Crippen molar-refractivity contribution in [1.82, 2.24) is 4.98 Å². The van der Waals surface area contributed by atoms with Crippen LogP contribution in [-0.4, -0.2) is 25.2 Å². The van der Waals surface area contributed by atoms with E-state index in [0.717, 1.165) is 17.7 Å². The van der Waals surface area contributed by atoms with Gasteiger partial charge in [0.2, 0.25) is 0 Å². The molecule has 0 aliphatic heterocycles. The third-order valence-corrected chi connectivity index (χ3v) is 3.94. The molecule has 1 aromatic heterocycles. The highest BCUT2D eigenvalue weighted by Crippen LogP contribution is 2.27. The summed E-state index contributed by atoms with van der Waals surface area (Å²) in [6.07, 6.45) is 1.40. The number of carbonyl (C=O) groups excluding carboxylic acids is 1. The zero-order valence-electron chi connectivity index (χ0n) is 14.2. The Morgan fingerprint density at radius 1 is 1.12 bits per heavy atom. The first-order chi connectivity index (χ1) is 12.5. The maximum atomic E-state index is 14.1. The lowest BCUT2D eigenvalue weighted by Crippen LogP contribution is -2.07. The zero-order chi connectivity index (χ0) is 18.7. The number of aromatic nitrogens is 1. The summed E-state index contributed by atoms with van der Waals surface area (Å²) in [6, 6.07) is 8.70. The molecule has 0 radical (unpaired) electrons. The van der Waals surface area contributed by atoms with Crippen LogP contribution in [0.15, 0.2) is 42.6 Å². The largest absolute Gasteiger partial charge is 0.496 e. The van der Waals surface area contributed by atoms with Crippen molar-refractivity contribution < 1.29 is 23.0 Å². The molecule has 0 fully saturated rings. The number of halogens is 2. The van der Waals surface area contributed by atoms with Crippen molar-refractivity contribution >= 4 is 22.6 Å². The molecule has 3 aromatic rings. The molecule has 0 bridgehead atoms. The second-order valence-electron chi connectivity index (χ2n) is 5.49. The lowest BCUT2D eigenvalue weighted by Gasteiger charge is -2.12. The number of fused-ring (bicyclic) bond motifs is 1. The molecule has 7 heteroatoms. The van der Waals surface area contributed by atoms with E-state index < -0.39 is 17.6 Å². The second-order valence-corrected chi connectivity index (χ2v) is 5.49. The summed E-state index contributed by atoms with van der Waals surface area (Å²) in [5.41, 5.74) is 1.39. The normalized spacial score (nSPS) is 10.6. The van der Waals surface area contributed by atoms with Crippen LogP contribution in [0.2, 0.25) is 0 Å². The van der Waals surface area contributed by atoms with E-state index in [1.807, 2.05) is 0 Å². The van der Waals surface area contributed by atoms with E-state index in [4.69, 9.17) is 9.47 Å². The minimum Gasteiger partial charge on any atom is -0.496 e. The van der Waals surface area contributed by atoms with Gasteiger partial charge in [-0.15, -0.1) is 0 Å². The predicted molar refractivity (Wildman–Crippen MR) is 93.3 cm³/mol. The summed E-state index contributed by atoms with van der Waals surface area (Å²) in [4.78, 5) is 15.7. The molecule has 0 amide bonds. The van der Waals surface area contributed by atoms with Crippen molar-refractivity contribution in [1.29, 1.82) is 0 Å². The van der Waals surface area contributed by atoms with Crippen LogP contribution in [0.25, 0.3) is 10.9 Å². The summed E-state index contributed by atoms with van der Waals surface area (Å²) in [7, 11) is 2.74. The van der Waals surface area contributed by atoms with Crippen LogP contribution in [0.4, 0.5) is 14.5 Å². The molecule has 0 aliphatic rings. The zero-order valence-corrected chi connectivity index (χ0v) is 14.2. The number of esters is 1. The van der Waals surface area contributed by atoms with E-state index in [9.17, 15) is 13.6 Å². The minimum atomic E-state index is -0.595. The van der Waals surface area contributed by atoms with Gasteiger partial charge in [0.1, 0.15) is 28.5 Å². The van der Waals surface area contributed by atoms with Crippen molar-refractivity contribution in [3.63, 3.8) is 0 Å². The van der Waals surface area contributed by atoms with E-state index in [0.29, 0.717) is 11.4 Å². The molecule has 0 spiro atoms. The van der Waals surface area contributed by atoms with Crippen LogP contribution >= 0.6 is 0 Å². The molecule has 5 nitrogen and oxygen atoms in total. The molecule has 0 atom stereocenters. The molecular weight excluding hydrogens is 342 g/mol. The van der Waals surface area contributed by atoms with E-state index in [2.05, 4.69) is 10.3 Å². The van der Waals surface area contributed by atoms with Gasteiger partial charge >= 0.3 is 5.97 Å². The Morgan fingerprint density at radius 3 is 2.62 bits per heavy atom. The number of pyridine rings is 1. The molecule has 0 saturated carbocycles. The fourth-order valence-electron chi connectivity index (χ4n) is 2.67. The number of methoxy groups -OCH3 is 2. The lowest BCUT2D eigenvalue weighted by atomic mass is 10.1. The minimum absolute atomic E-state index is 0.0417. The maximum absolute atomic E-state index is 14.1. The van der Waals surface area contributed by atoms with Crippen molar-refractivity contribution in [2.75, 3.05) is 19.5 Å². The summed E-state index contributed by atoms with van der Waals surface area (Å²) < 4.78 is 37.9. The van der Waals surface area contributed by atoms with Crippen LogP contribution in [0.3, 0.4) is 0 Å². The van der Waals surface area contributed by atoms with Gasteiger partial charge in [-0.05, 0) is 35.9 Å². The lowest BCUT2D eigenvalue weighted by molar-refractivity contribution is 0.0597. The molecule has 26 heavy (non-hydrogen) atoms. The van der Waals surface area contributed by atoms with E-state index >= 15 is 0 Å². The average molecular weight is 358 g/mol. The SMILES string of the molecule is COC(=O)c1cc(CNc2ccnc3c(F)ccc(F)c23)ccc1OC. The van der Waals surface area contributed by atoms with Gasteiger partial charge in [0.05, 0.1) is 19.6 Å². The number of benzene rings is 2. The van der Waals surface area contributed by atoms with Gasteiger partial charge in [-0.1, -0.05) is 6.07 Å². The first kappa shape index (κ1) is 17.6. The first-order valence-corrected chi connectivity index (χ1v) is 7.77. The maximum Gasteiger partial charge on any atom is 0.341 e. The number of hydrogen-bond acceptors (Lipinski definition) is 5. The third kappa shape index (κ3) is 3.28. The monoisotopic (exact) mass is 358 g/mol. The molecule has 0 saturated heterocycles. The van der Waals surface area contributed by atoms with E-state index in [-0.39, 0.29) is 23.0 Å². The van der Waals surface area contributed by atoms with Gasteiger partial charge in [0, 0.05) is 18.4 Å². The van der Waals surface area contributed by atoms with Gasteiger partial charge in [0.15, 0.2) is 0 Å². The molecule has 1 N–H and O–H groups in total. The number of anilines is 1. The highest BCUT2D eigenvalue weighted by atomic mass is 19.1. The van der Waals surface area contributed by atoms with Gasteiger partial charge in [-0.25, -0.2) is 13.6 Å². The number of rotatable bonds is 5. The van der Waals surface area contributed by atoms with Gasteiger partial charge < -0.3 is 14.8 Å². The Hall–Kier alpha value is -3.22. The highest BCUT2D eigenvalue weighted by molar-refractivity contribution is 5.93. The Labute approximate surface area is 148 Å². The van der Waals surface area contributed by atoms with Crippen LogP contribution in [0.1, 0.15) is 15.9 Å². The molecule has 0 unspecified atom stereocenters. The average Bonchev–Trinajstić information content (AvgIpc) is 2.68. The Morgan fingerprint density at radius 2 is 1.88 bits per heavy atom. The van der Waals surface area contributed by atoms with Crippen LogP contribution in [0.5, 0.6) is 5.75 Å². The third-order valence-electron chi connectivity index (χ3n) is 3.94. The fraction of sp³-hybridized carbons (Fsp3) is 0.158. The smallest absolute Gasteiger partial charge is 0.341 e.